The zero-order chi connectivity index (χ0) is 19.2. The highest BCUT2D eigenvalue weighted by Crippen LogP contribution is 2.14. The minimum absolute atomic E-state index is 0.000814. The molecule has 0 atom stereocenters. The SMILES string of the molecule is CC(C)(C)OC(=O)NCC(=O)N1CCN(C(=O)C=C2CCOCC2)CC1. The zero-order valence-corrected chi connectivity index (χ0v) is 15.9. The third kappa shape index (κ3) is 6.67. The molecule has 2 aliphatic rings. The largest absolute Gasteiger partial charge is 0.444 e. The summed E-state index contributed by atoms with van der Waals surface area (Å²) >= 11 is 0. The standard InChI is InChI=1S/C18H29N3O5/c1-18(2,3)26-17(24)19-13-16(23)21-8-6-20(7-9-21)15(22)12-14-4-10-25-11-5-14/h12H,4-11,13H2,1-3H3,(H,19,24). The van der Waals surface area contributed by atoms with E-state index in [2.05, 4.69) is 5.32 Å². The molecule has 146 valence electrons. The lowest BCUT2D eigenvalue weighted by molar-refractivity contribution is -0.136. The molecule has 3 amide bonds. The Balaban J connectivity index is 1.72. The van der Waals surface area contributed by atoms with Crippen molar-refractivity contribution in [1.29, 1.82) is 0 Å². The number of nitrogens with zero attached hydrogens (tertiary/aromatic N) is 2. The second kappa shape index (κ2) is 9.02. The van der Waals surface area contributed by atoms with Crippen molar-refractivity contribution in [3.63, 3.8) is 0 Å². The number of nitrogens with one attached hydrogen (secondary N) is 1. The van der Waals surface area contributed by atoms with Crippen LogP contribution in [-0.2, 0) is 19.1 Å². The van der Waals surface area contributed by atoms with E-state index >= 15 is 0 Å². The van der Waals surface area contributed by atoms with Crippen LogP contribution >= 0.6 is 0 Å². The van der Waals surface area contributed by atoms with Crippen LogP contribution in [0.3, 0.4) is 0 Å². The van der Waals surface area contributed by atoms with E-state index in [0.29, 0.717) is 39.4 Å². The molecular formula is C18H29N3O5. The van der Waals surface area contributed by atoms with Crippen LogP contribution < -0.4 is 5.32 Å². The second-order valence-electron chi connectivity index (χ2n) is 7.48. The van der Waals surface area contributed by atoms with Crippen molar-refractivity contribution in [3.8, 4) is 0 Å². The van der Waals surface area contributed by atoms with Gasteiger partial charge in [0, 0.05) is 32.3 Å². The lowest BCUT2D eigenvalue weighted by Gasteiger charge is -2.34. The highest BCUT2D eigenvalue weighted by atomic mass is 16.6. The molecule has 26 heavy (non-hydrogen) atoms. The molecule has 2 heterocycles. The molecule has 0 unspecified atom stereocenters. The Morgan fingerprint density at radius 3 is 2.23 bits per heavy atom. The normalized spacial score (nSPS) is 18.3. The molecule has 1 N–H and O–H groups in total. The van der Waals surface area contributed by atoms with Crippen molar-refractivity contribution < 1.29 is 23.9 Å². The number of carbonyl (C=O) groups excluding carboxylic acids is 3. The van der Waals surface area contributed by atoms with Gasteiger partial charge in [-0.3, -0.25) is 9.59 Å². The van der Waals surface area contributed by atoms with Gasteiger partial charge in [-0.05, 0) is 33.6 Å². The molecule has 2 aliphatic heterocycles. The predicted octanol–water partition coefficient (Wildman–Crippen LogP) is 0.919. The van der Waals surface area contributed by atoms with Gasteiger partial charge in [0.1, 0.15) is 12.1 Å². The van der Waals surface area contributed by atoms with E-state index in [1.54, 1.807) is 36.6 Å². The number of amides is 3. The van der Waals surface area contributed by atoms with Crippen LogP contribution in [0.4, 0.5) is 4.79 Å². The highest BCUT2D eigenvalue weighted by molar-refractivity contribution is 5.89. The molecule has 8 nitrogen and oxygen atoms in total. The van der Waals surface area contributed by atoms with Crippen LogP contribution in [0.15, 0.2) is 11.6 Å². The Hall–Kier alpha value is -2.09. The van der Waals surface area contributed by atoms with E-state index in [1.807, 2.05) is 0 Å². The topological polar surface area (TPSA) is 88.2 Å². The van der Waals surface area contributed by atoms with Crippen molar-refractivity contribution >= 4 is 17.9 Å². The van der Waals surface area contributed by atoms with Crippen LogP contribution in [-0.4, -0.2) is 79.2 Å². The number of piperazine rings is 1. The first kappa shape index (κ1) is 20.2. The van der Waals surface area contributed by atoms with Gasteiger partial charge in [0.15, 0.2) is 0 Å². The summed E-state index contributed by atoms with van der Waals surface area (Å²) in [6.07, 6.45) is 2.72. The van der Waals surface area contributed by atoms with Gasteiger partial charge in [0.25, 0.3) is 0 Å². The van der Waals surface area contributed by atoms with Gasteiger partial charge in [-0.15, -0.1) is 0 Å². The van der Waals surface area contributed by atoms with Gasteiger partial charge >= 0.3 is 6.09 Å². The summed E-state index contributed by atoms with van der Waals surface area (Å²) in [6, 6.07) is 0. The van der Waals surface area contributed by atoms with Gasteiger partial charge in [-0.2, -0.15) is 0 Å². The molecule has 0 aromatic carbocycles. The van der Waals surface area contributed by atoms with Crippen LogP contribution in [0.5, 0.6) is 0 Å². The molecule has 2 fully saturated rings. The maximum Gasteiger partial charge on any atom is 0.408 e. The van der Waals surface area contributed by atoms with Crippen LogP contribution in [0.1, 0.15) is 33.6 Å². The summed E-state index contributed by atoms with van der Waals surface area (Å²) in [5.41, 5.74) is 0.527. The van der Waals surface area contributed by atoms with Gasteiger partial charge in [-0.25, -0.2) is 4.79 Å². The number of hydrogen-bond donors (Lipinski definition) is 1. The third-order valence-electron chi connectivity index (χ3n) is 4.19. The summed E-state index contributed by atoms with van der Waals surface area (Å²) in [4.78, 5) is 39.5. The molecule has 8 heteroatoms. The maximum absolute atomic E-state index is 12.3. The Kier molecular flexibility index (Phi) is 7.02. The first-order valence-corrected chi connectivity index (χ1v) is 9.05. The average Bonchev–Trinajstić information content (AvgIpc) is 2.59. The molecule has 2 rings (SSSR count). The predicted molar refractivity (Wildman–Crippen MR) is 95.5 cm³/mol. The molecule has 0 bridgehead atoms. The Labute approximate surface area is 154 Å². The minimum Gasteiger partial charge on any atom is -0.444 e. The quantitative estimate of drug-likeness (QED) is 0.750. The van der Waals surface area contributed by atoms with Crippen molar-refractivity contribution in [2.24, 2.45) is 0 Å². The summed E-state index contributed by atoms with van der Waals surface area (Å²) in [5, 5.41) is 2.47. The smallest absolute Gasteiger partial charge is 0.408 e. The molecule has 0 aromatic heterocycles. The van der Waals surface area contributed by atoms with E-state index in [-0.39, 0.29) is 18.4 Å². The van der Waals surface area contributed by atoms with E-state index < -0.39 is 11.7 Å². The molecule has 0 aliphatic carbocycles. The maximum atomic E-state index is 12.3. The van der Waals surface area contributed by atoms with Gasteiger partial charge in [0.2, 0.25) is 11.8 Å². The molecule has 0 saturated carbocycles. The van der Waals surface area contributed by atoms with Crippen molar-refractivity contribution in [1.82, 2.24) is 15.1 Å². The Bertz CT molecular complexity index is 552. The lowest BCUT2D eigenvalue weighted by atomic mass is 10.1. The van der Waals surface area contributed by atoms with Crippen LogP contribution in [0.2, 0.25) is 0 Å². The Morgan fingerprint density at radius 1 is 1.08 bits per heavy atom. The summed E-state index contributed by atoms with van der Waals surface area (Å²) in [5.74, 6) is -0.174. The number of rotatable bonds is 3. The molecular weight excluding hydrogens is 338 g/mol. The average molecular weight is 367 g/mol. The van der Waals surface area contributed by atoms with Crippen molar-refractivity contribution in [2.45, 2.75) is 39.2 Å². The summed E-state index contributed by atoms with van der Waals surface area (Å²) < 4.78 is 10.4. The fourth-order valence-electron chi connectivity index (χ4n) is 2.79. The van der Waals surface area contributed by atoms with Crippen molar-refractivity contribution in [3.05, 3.63) is 11.6 Å². The monoisotopic (exact) mass is 367 g/mol. The van der Waals surface area contributed by atoms with Crippen molar-refractivity contribution in [2.75, 3.05) is 45.9 Å². The molecule has 0 aromatic rings. The molecule has 0 radical (unpaired) electrons. The lowest BCUT2D eigenvalue weighted by Crippen LogP contribution is -2.52. The van der Waals surface area contributed by atoms with E-state index in [4.69, 9.17) is 9.47 Å². The van der Waals surface area contributed by atoms with E-state index in [9.17, 15) is 14.4 Å². The number of ether oxygens (including phenoxy) is 2. The first-order chi connectivity index (χ1) is 12.2. The fourth-order valence-corrected chi connectivity index (χ4v) is 2.79. The zero-order valence-electron chi connectivity index (χ0n) is 15.9. The second-order valence-corrected chi connectivity index (χ2v) is 7.48. The summed E-state index contributed by atoms with van der Waals surface area (Å²) in [7, 11) is 0. The number of alkyl carbamates (subject to hydrolysis) is 1. The fraction of sp³-hybridized carbons (Fsp3) is 0.722. The van der Waals surface area contributed by atoms with E-state index in [1.165, 1.54) is 0 Å². The van der Waals surface area contributed by atoms with Gasteiger partial charge < -0.3 is 24.6 Å². The first-order valence-electron chi connectivity index (χ1n) is 9.05. The van der Waals surface area contributed by atoms with Gasteiger partial charge in [0.05, 0.1) is 13.2 Å². The number of carbonyl (C=O) groups is 3. The van der Waals surface area contributed by atoms with Gasteiger partial charge in [-0.1, -0.05) is 5.57 Å². The van der Waals surface area contributed by atoms with Crippen LogP contribution in [0.25, 0.3) is 0 Å². The summed E-state index contributed by atoms with van der Waals surface area (Å²) in [6.45, 7) is 8.46. The Morgan fingerprint density at radius 2 is 1.65 bits per heavy atom. The van der Waals surface area contributed by atoms with Crippen LogP contribution in [0, 0.1) is 0 Å². The highest BCUT2D eigenvalue weighted by Gasteiger charge is 2.24. The third-order valence-corrected chi connectivity index (χ3v) is 4.19. The van der Waals surface area contributed by atoms with E-state index in [0.717, 1.165) is 18.4 Å². The minimum atomic E-state index is -0.609. The number of hydrogen-bond acceptors (Lipinski definition) is 5. The molecule has 0 spiro atoms. The molecule has 2 saturated heterocycles.